The van der Waals surface area contributed by atoms with Gasteiger partial charge in [0.25, 0.3) is 5.91 Å². The summed E-state index contributed by atoms with van der Waals surface area (Å²) < 4.78 is 0.984. The summed E-state index contributed by atoms with van der Waals surface area (Å²) in [4.78, 5) is 12.1. The second kappa shape index (κ2) is 9.10. The third kappa shape index (κ3) is 6.21. The Morgan fingerprint density at radius 3 is 2.11 bits per heavy atom. The number of hydrazine groups is 1. The molecule has 1 rings (SSSR count). The molecular formula is C15H23BrN2O. The molecule has 4 heteroatoms. The molecule has 0 aliphatic rings. The van der Waals surface area contributed by atoms with E-state index in [-0.39, 0.29) is 5.91 Å². The van der Waals surface area contributed by atoms with Crippen LogP contribution in [0.2, 0.25) is 0 Å². The minimum atomic E-state index is -0.0280. The van der Waals surface area contributed by atoms with Gasteiger partial charge in [-0.3, -0.25) is 10.2 Å². The predicted molar refractivity (Wildman–Crippen MR) is 83.0 cm³/mol. The van der Waals surface area contributed by atoms with E-state index in [1.165, 1.54) is 0 Å². The molecule has 0 aliphatic heterocycles. The van der Waals surface area contributed by atoms with Crippen molar-refractivity contribution in [1.29, 1.82) is 0 Å². The Hall–Kier alpha value is -0.870. The Balaban J connectivity index is 2.56. The highest BCUT2D eigenvalue weighted by Crippen LogP contribution is 2.10. The van der Waals surface area contributed by atoms with Gasteiger partial charge in [-0.1, -0.05) is 42.6 Å². The van der Waals surface area contributed by atoms with Gasteiger partial charge in [-0.05, 0) is 37.1 Å². The maximum Gasteiger partial charge on any atom is 0.265 e. The average molecular weight is 327 g/mol. The van der Waals surface area contributed by atoms with Crippen molar-refractivity contribution >= 4 is 21.8 Å². The summed E-state index contributed by atoms with van der Waals surface area (Å²) in [6.07, 6.45) is 4.47. The largest absolute Gasteiger partial charge is 0.285 e. The molecule has 0 aromatic heterocycles. The normalized spacial score (nSPS) is 10.7. The molecule has 19 heavy (non-hydrogen) atoms. The van der Waals surface area contributed by atoms with Crippen molar-refractivity contribution in [3.63, 3.8) is 0 Å². The first-order valence-corrected chi connectivity index (χ1v) is 7.78. The zero-order valence-corrected chi connectivity index (χ0v) is 13.4. The van der Waals surface area contributed by atoms with Crippen molar-refractivity contribution in [3.8, 4) is 0 Å². The van der Waals surface area contributed by atoms with Crippen molar-refractivity contribution in [2.45, 2.75) is 39.5 Å². The Bertz CT molecular complexity index is 370. The third-order valence-corrected chi connectivity index (χ3v) is 3.46. The summed E-state index contributed by atoms with van der Waals surface area (Å²) in [7, 11) is 0. The van der Waals surface area contributed by atoms with Gasteiger partial charge >= 0.3 is 0 Å². The van der Waals surface area contributed by atoms with Crippen molar-refractivity contribution in [2.24, 2.45) is 0 Å². The molecule has 0 saturated heterocycles. The van der Waals surface area contributed by atoms with Gasteiger partial charge in [-0.15, -0.1) is 0 Å². The van der Waals surface area contributed by atoms with Gasteiger partial charge in [-0.25, -0.2) is 5.01 Å². The standard InChI is InChI=1S/C15H23BrN2O/c1-3-5-11-18(12-6-4-2)17-15(19)13-7-9-14(16)10-8-13/h7-10H,3-6,11-12H2,1-2H3,(H,17,19). The monoisotopic (exact) mass is 326 g/mol. The molecule has 1 N–H and O–H groups in total. The Labute approximate surface area is 124 Å². The highest BCUT2D eigenvalue weighted by atomic mass is 79.9. The predicted octanol–water partition coefficient (Wildman–Crippen LogP) is 4.00. The van der Waals surface area contributed by atoms with E-state index in [1.54, 1.807) is 0 Å². The fraction of sp³-hybridized carbons (Fsp3) is 0.533. The lowest BCUT2D eigenvalue weighted by molar-refractivity contribution is 0.0782. The van der Waals surface area contributed by atoms with Crippen LogP contribution in [0.3, 0.4) is 0 Å². The summed E-state index contributed by atoms with van der Waals surface area (Å²) in [5.41, 5.74) is 3.70. The molecule has 0 unspecified atom stereocenters. The van der Waals surface area contributed by atoms with E-state index in [2.05, 4.69) is 35.2 Å². The van der Waals surface area contributed by atoms with Gasteiger partial charge in [0.15, 0.2) is 0 Å². The van der Waals surface area contributed by atoms with E-state index in [4.69, 9.17) is 0 Å². The zero-order chi connectivity index (χ0) is 14.1. The molecule has 106 valence electrons. The first-order chi connectivity index (χ1) is 9.17. The van der Waals surface area contributed by atoms with Gasteiger partial charge in [-0.2, -0.15) is 0 Å². The van der Waals surface area contributed by atoms with Crippen molar-refractivity contribution in [3.05, 3.63) is 34.3 Å². The minimum absolute atomic E-state index is 0.0280. The molecule has 0 heterocycles. The van der Waals surface area contributed by atoms with E-state index in [0.29, 0.717) is 5.56 Å². The highest BCUT2D eigenvalue weighted by Gasteiger charge is 2.10. The van der Waals surface area contributed by atoms with Crippen LogP contribution in [-0.2, 0) is 0 Å². The van der Waals surface area contributed by atoms with Crippen LogP contribution in [0.5, 0.6) is 0 Å². The second-order valence-corrected chi connectivity index (χ2v) is 5.56. The SMILES string of the molecule is CCCCN(CCCC)NC(=O)c1ccc(Br)cc1. The molecule has 3 nitrogen and oxygen atoms in total. The number of hydrogen-bond donors (Lipinski definition) is 1. The lowest BCUT2D eigenvalue weighted by atomic mass is 10.2. The van der Waals surface area contributed by atoms with Crippen LogP contribution < -0.4 is 5.43 Å². The fourth-order valence-corrected chi connectivity index (χ4v) is 2.00. The van der Waals surface area contributed by atoms with E-state index in [9.17, 15) is 4.79 Å². The molecule has 0 bridgehead atoms. The van der Waals surface area contributed by atoms with Crippen LogP contribution in [0.4, 0.5) is 0 Å². The molecule has 1 aromatic rings. The van der Waals surface area contributed by atoms with E-state index < -0.39 is 0 Å². The Kier molecular flexibility index (Phi) is 7.75. The second-order valence-electron chi connectivity index (χ2n) is 4.64. The van der Waals surface area contributed by atoms with Gasteiger partial charge in [0.2, 0.25) is 0 Å². The highest BCUT2D eigenvalue weighted by molar-refractivity contribution is 9.10. The molecule has 0 saturated carbocycles. The molecule has 1 aromatic carbocycles. The Morgan fingerprint density at radius 2 is 1.63 bits per heavy atom. The number of halogens is 1. The van der Waals surface area contributed by atoms with Gasteiger partial charge < -0.3 is 0 Å². The number of nitrogens with zero attached hydrogens (tertiary/aromatic N) is 1. The van der Waals surface area contributed by atoms with Gasteiger partial charge in [0, 0.05) is 23.1 Å². The quantitative estimate of drug-likeness (QED) is 0.732. The molecule has 0 aliphatic carbocycles. The summed E-state index contributed by atoms with van der Waals surface area (Å²) in [5.74, 6) is -0.0280. The summed E-state index contributed by atoms with van der Waals surface area (Å²) in [5, 5.41) is 2.04. The average Bonchev–Trinajstić information content (AvgIpc) is 2.42. The van der Waals surface area contributed by atoms with Crippen LogP contribution in [0.1, 0.15) is 49.9 Å². The topological polar surface area (TPSA) is 32.3 Å². The van der Waals surface area contributed by atoms with Crippen molar-refractivity contribution < 1.29 is 4.79 Å². The number of carbonyl (C=O) groups is 1. The lowest BCUT2D eigenvalue weighted by Gasteiger charge is -2.22. The van der Waals surface area contributed by atoms with Crippen LogP contribution >= 0.6 is 15.9 Å². The number of benzene rings is 1. The van der Waals surface area contributed by atoms with E-state index in [1.807, 2.05) is 29.3 Å². The number of nitrogens with one attached hydrogen (secondary N) is 1. The molecule has 1 amide bonds. The van der Waals surface area contributed by atoms with Crippen molar-refractivity contribution in [2.75, 3.05) is 13.1 Å². The summed E-state index contributed by atoms with van der Waals surface area (Å²) in [6.45, 7) is 6.15. The number of rotatable bonds is 8. The Morgan fingerprint density at radius 1 is 1.11 bits per heavy atom. The zero-order valence-electron chi connectivity index (χ0n) is 11.8. The first kappa shape index (κ1) is 16.2. The number of hydrogen-bond acceptors (Lipinski definition) is 2. The van der Waals surface area contributed by atoms with Gasteiger partial charge in [0.05, 0.1) is 0 Å². The van der Waals surface area contributed by atoms with E-state index in [0.717, 1.165) is 43.2 Å². The smallest absolute Gasteiger partial charge is 0.265 e. The third-order valence-electron chi connectivity index (χ3n) is 2.93. The lowest BCUT2D eigenvalue weighted by Crippen LogP contribution is -2.43. The summed E-state index contributed by atoms with van der Waals surface area (Å²) in [6, 6.07) is 7.43. The number of amides is 1. The molecule has 0 spiro atoms. The molecular weight excluding hydrogens is 304 g/mol. The maximum absolute atomic E-state index is 12.1. The molecule has 0 radical (unpaired) electrons. The van der Waals surface area contributed by atoms with Crippen LogP contribution in [-0.4, -0.2) is 24.0 Å². The molecule has 0 atom stereocenters. The van der Waals surface area contributed by atoms with Crippen LogP contribution in [0, 0.1) is 0 Å². The first-order valence-electron chi connectivity index (χ1n) is 6.98. The van der Waals surface area contributed by atoms with Crippen LogP contribution in [0.15, 0.2) is 28.7 Å². The van der Waals surface area contributed by atoms with E-state index >= 15 is 0 Å². The number of unbranched alkanes of at least 4 members (excludes halogenated alkanes) is 2. The number of carbonyl (C=O) groups excluding carboxylic acids is 1. The maximum atomic E-state index is 12.1. The summed E-state index contributed by atoms with van der Waals surface area (Å²) >= 11 is 3.37. The van der Waals surface area contributed by atoms with Crippen LogP contribution in [0.25, 0.3) is 0 Å². The van der Waals surface area contributed by atoms with Gasteiger partial charge in [0.1, 0.15) is 0 Å². The fourth-order valence-electron chi connectivity index (χ4n) is 1.73. The molecule has 0 fully saturated rings. The van der Waals surface area contributed by atoms with Crippen molar-refractivity contribution in [1.82, 2.24) is 10.4 Å². The minimum Gasteiger partial charge on any atom is -0.285 e.